The summed E-state index contributed by atoms with van der Waals surface area (Å²) in [6.45, 7) is 0.572. The van der Waals surface area contributed by atoms with Crippen molar-refractivity contribution in [1.29, 1.82) is 0 Å². The summed E-state index contributed by atoms with van der Waals surface area (Å²) in [7, 11) is 0. The lowest BCUT2D eigenvalue weighted by atomic mass is 10.2. The summed E-state index contributed by atoms with van der Waals surface area (Å²) in [5.74, 6) is 0. The summed E-state index contributed by atoms with van der Waals surface area (Å²) in [5.41, 5.74) is 2.72. The highest BCUT2D eigenvalue weighted by atomic mass is 79.9. The molecule has 3 rings (SSSR count). The third kappa shape index (κ3) is 2.90. The minimum Gasteiger partial charge on any atom is -0.298 e. The molecule has 0 bridgehead atoms. The molecule has 0 saturated carbocycles. The largest absolute Gasteiger partial charge is 0.298 e. The predicted octanol–water partition coefficient (Wildman–Crippen LogP) is 2.96. The van der Waals surface area contributed by atoms with Crippen molar-refractivity contribution in [3.63, 3.8) is 0 Å². The van der Waals surface area contributed by atoms with Crippen molar-refractivity contribution in [1.82, 2.24) is 19.7 Å². The molecule has 0 radical (unpaired) electrons. The average molecular weight is 343 g/mol. The van der Waals surface area contributed by atoms with Crippen LogP contribution in [0.4, 0.5) is 0 Å². The van der Waals surface area contributed by atoms with Crippen LogP contribution in [0, 0.1) is 0 Å². The van der Waals surface area contributed by atoms with E-state index in [1.54, 1.807) is 29.5 Å². The minimum absolute atomic E-state index is 0.502. The van der Waals surface area contributed by atoms with Gasteiger partial charge in [-0.15, -0.1) is 0 Å². The zero-order valence-electron chi connectivity index (χ0n) is 11.0. The first kappa shape index (κ1) is 13.6. The van der Waals surface area contributed by atoms with Gasteiger partial charge < -0.3 is 0 Å². The molecule has 0 spiro atoms. The van der Waals surface area contributed by atoms with E-state index in [-0.39, 0.29) is 0 Å². The van der Waals surface area contributed by atoms with E-state index in [0.717, 1.165) is 16.3 Å². The summed E-state index contributed by atoms with van der Waals surface area (Å²) in [6, 6.07) is 7.91. The Hall–Kier alpha value is -2.34. The standard InChI is InChI=1S/C15H11BrN4O/c16-13-4-2-1-3-11(13)8-20-9-12(10-21)15(19-20)14-7-17-5-6-18-14/h1-7,9-10H,8H2. The Kier molecular flexibility index (Phi) is 3.87. The summed E-state index contributed by atoms with van der Waals surface area (Å²) >= 11 is 3.51. The first-order valence-electron chi connectivity index (χ1n) is 6.30. The van der Waals surface area contributed by atoms with Crippen molar-refractivity contribution in [3.8, 4) is 11.4 Å². The van der Waals surface area contributed by atoms with Gasteiger partial charge in [-0.3, -0.25) is 19.4 Å². The molecule has 3 aromatic rings. The van der Waals surface area contributed by atoms with Crippen LogP contribution < -0.4 is 0 Å². The minimum atomic E-state index is 0.502. The maximum atomic E-state index is 11.2. The van der Waals surface area contributed by atoms with Gasteiger partial charge in [-0.1, -0.05) is 34.1 Å². The molecule has 0 aliphatic rings. The number of hydrogen-bond acceptors (Lipinski definition) is 4. The Morgan fingerprint density at radius 1 is 1.24 bits per heavy atom. The molecule has 21 heavy (non-hydrogen) atoms. The predicted molar refractivity (Wildman–Crippen MR) is 81.9 cm³/mol. The highest BCUT2D eigenvalue weighted by Crippen LogP contribution is 2.20. The van der Waals surface area contributed by atoms with E-state index >= 15 is 0 Å². The number of halogens is 1. The smallest absolute Gasteiger partial charge is 0.153 e. The van der Waals surface area contributed by atoms with Gasteiger partial charge in [0.15, 0.2) is 6.29 Å². The van der Waals surface area contributed by atoms with E-state index < -0.39 is 0 Å². The molecule has 2 heterocycles. The quantitative estimate of drug-likeness (QED) is 0.684. The lowest BCUT2D eigenvalue weighted by Gasteiger charge is -2.04. The number of aromatic nitrogens is 4. The van der Waals surface area contributed by atoms with Crippen molar-refractivity contribution < 1.29 is 4.79 Å². The molecule has 0 aliphatic carbocycles. The monoisotopic (exact) mass is 342 g/mol. The van der Waals surface area contributed by atoms with Gasteiger partial charge in [0.25, 0.3) is 0 Å². The molecule has 0 amide bonds. The Balaban J connectivity index is 1.97. The topological polar surface area (TPSA) is 60.7 Å². The number of rotatable bonds is 4. The van der Waals surface area contributed by atoms with Crippen LogP contribution in [0.25, 0.3) is 11.4 Å². The second-order valence-corrected chi connectivity index (χ2v) is 5.28. The van der Waals surface area contributed by atoms with Crippen LogP contribution in [-0.2, 0) is 6.54 Å². The van der Waals surface area contributed by atoms with Gasteiger partial charge in [-0.05, 0) is 11.6 Å². The van der Waals surface area contributed by atoms with E-state index in [4.69, 9.17) is 0 Å². The summed E-state index contributed by atoms with van der Waals surface area (Å²) < 4.78 is 2.74. The van der Waals surface area contributed by atoms with Gasteiger partial charge in [0.05, 0.1) is 18.3 Å². The van der Waals surface area contributed by atoms with Crippen molar-refractivity contribution >= 4 is 22.2 Å². The first-order valence-corrected chi connectivity index (χ1v) is 7.09. The van der Waals surface area contributed by atoms with Crippen LogP contribution in [-0.4, -0.2) is 26.0 Å². The highest BCUT2D eigenvalue weighted by Gasteiger charge is 2.12. The van der Waals surface area contributed by atoms with E-state index in [1.165, 1.54) is 0 Å². The lowest BCUT2D eigenvalue weighted by molar-refractivity contribution is 0.112. The Labute approximate surface area is 129 Å². The van der Waals surface area contributed by atoms with E-state index in [2.05, 4.69) is 31.0 Å². The molecular formula is C15H11BrN4O. The van der Waals surface area contributed by atoms with E-state index in [0.29, 0.717) is 23.5 Å². The molecule has 104 valence electrons. The van der Waals surface area contributed by atoms with Gasteiger partial charge in [-0.2, -0.15) is 5.10 Å². The van der Waals surface area contributed by atoms with Gasteiger partial charge in [0.2, 0.25) is 0 Å². The molecule has 0 saturated heterocycles. The maximum Gasteiger partial charge on any atom is 0.153 e. The number of aldehydes is 1. The average Bonchev–Trinajstić information content (AvgIpc) is 2.93. The van der Waals surface area contributed by atoms with Crippen LogP contribution in [0.2, 0.25) is 0 Å². The fraction of sp³-hybridized carbons (Fsp3) is 0.0667. The maximum absolute atomic E-state index is 11.2. The second-order valence-electron chi connectivity index (χ2n) is 4.43. The molecule has 0 atom stereocenters. The second kappa shape index (κ2) is 5.97. The zero-order valence-corrected chi connectivity index (χ0v) is 12.6. The SMILES string of the molecule is O=Cc1cn(Cc2ccccc2Br)nc1-c1cnccn1. The summed E-state index contributed by atoms with van der Waals surface area (Å²) in [4.78, 5) is 19.4. The number of carbonyl (C=O) groups excluding carboxylic acids is 1. The Morgan fingerprint density at radius 3 is 2.81 bits per heavy atom. The number of benzene rings is 1. The first-order chi connectivity index (χ1) is 10.3. The van der Waals surface area contributed by atoms with Crippen LogP contribution in [0.15, 0.2) is 53.5 Å². The third-order valence-corrected chi connectivity index (χ3v) is 3.79. The molecule has 2 aromatic heterocycles. The fourth-order valence-electron chi connectivity index (χ4n) is 2.03. The van der Waals surface area contributed by atoms with Crippen LogP contribution >= 0.6 is 15.9 Å². The zero-order chi connectivity index (χ0) is 14.7. The summed E-state index contributed by atoms with van der Waals surface area (Å²) in [6.07, 6.45) is 7.26. The van der Waals surface area contributed by atoms with Crippen LogP contribution in [0.1, 0.15) is 15.9 Å². The van der Waals surface area contributed by atoms with E-state index in [1.807, 2.05) is 24.3 Å². The molecule has 1 aromatic carbocycles. The van der Waals surface area contributed by atoms with Crippen molar-refractivity contribution in [2.75, 3.05) is 0 Å². The van der Waals surface area contributed by atoms with E-state index in [9.17, 15) is 4.79 Å². The van der Waals surface area contributed by atoms with Gasteiger partial charge in [0, 0.05) is 23.1 Å². The fourth-order valence-corrected chi connectivity index (χ4v) is 2.44. The van der Waals surface area contributed by atoms with Gasteiger partial charge >= 0.3 is 0 Å². The van der Waals surface area contributed by atoms with Crippen molar-refractivity contribution in [2.24, 2.45) is 0 Å². The Morgan fingerprint density at radius 2 is 2.10 bits per heavy atom. The molecular weight excluding hydrogens is 332 g/mol. The third-order valence-electron chi connectivity index (χ3n) is 3.01. The van der Waals surface area contributed by atoms with Gasteiger partial charge in [-0.25, -0.2) is 0 Å². The number of hydrogen-bond donors (Lipinski definition) is 0. The molecule has 0 fully saturated rings. The summed E-state index contributed by atoms with van der Waals surface area (Å²) in [5, 5.41) is 4.45. The molecule has 0 N–H and O–H groups in total. The normalized spacial score (nSPS) is 10.5. The van der Waals surface area contributed by atoms with Crippen LogP contribution in [0.3, 0.4) is 0 Å². The highest BCUT2D eigenvalue weighted by molar-refractivity contribution is 9.10. The van der Waals surface area contributed by atoms with Crippen molar-refractivity contribution in [3.05, 3.63) is 64.7 Å². The molecule has 6 heteroatoms. The van der Waals surface area contributed by atoms with Crippen molar-refractivity contribution in [2.45, 2.75) is 6.54 Å². The molecule has 0 unspecified atom stereocenters. The number of nitrogens with zero attached hydrogens (tertiary/aromatic N) is 4. The van der Waals surface area contributed by atoms with Gasteiger partial charge in [0.1, 0.15) is 11.4 Å². The van der Waals surface area contributed by atoms with Crippen LogP contribution in [0.5, 0.6) is 0 Å². The molecule has 5 nitrogen and oxygen atoms in total. The Bertz CT molecular complexity index is 770. The lowest BCUT2D eigenvalue weighted by Crippen LogP contribution is -2.01. The number of carbonyl (C=O) groups is 1. The molecule has 0 aliphatic heterocycles.